The minimum absolute atomic E-state index is 0.822. The van der Waals surface area contributed by atoms with Crippen molar-refractivity contribution in [1.29, 1.82) is 0 Å². The third-order valence-electron chi connectivity index (χ3n) is 6.89. The Kier molecular flexibility index (Phi) is 8.18. The van der Waals surface area contributed by atoms with E-state index in [1.807, 2.05) is 12.3 Å². The lowest BCUT2D eigenvalue weighted by Gasteiger charge is -2.20. The second-order valence-electron chi connectivity index (χ2n) is 9.29. The summed E-state index contributed by atoms with van der Waals surface area (Å²) in [4.78, 5) is 11.3. The molecule has 1 fully saturated rings. The highest BCUT2D eigenvalue weighted by Gasteiger charge is 2.23. The predicted molar refractivity (Wildman–Crippen MR) is 120 cm³/mol. The van der Waals surface area contributed by atoms with Crippen LogP contribution in [0.5, 0.6) is 0 Å². The second-order valence-corrected chi connectivity index (χ2v) is 9.29. The smallest absolute Gasteiger partial charge is 0.152 e. The van der Waals surface area contributed by atoms with Gasteiger partial charge in [0.1, 0.15) is 0 Å². The molecule has 1 heterocycles. The minimum Gasteiger partial charge on any atom is -0.347 e. The van der Waals surface area contributed by atoms with Crippen LogP contribution in [0.25, 0.3) is 10.9 Å². The highest BCUT2D eigenvalue weighted by Crippen LogP contribution is 2.36. The van der Waals surface area contributed by atoms with Gasteiger partial charge in [0.2, 0.25) is 0 Å². The Labute approximate surface area is 171 Å². The molecule has 28 heavy (non-hydrogen) atoms. The number of carbonyl (C=O) groups is 1. The number of aldehydes is 1. The van der Waals surface area contributed by atoms with E-state index in [4.69, 9.17) is 0 Å². The number of hydrogen-bond donors (Lipinski definition) is 0. The molecule has 1 aliphatic carbocycles. The maximum Gasteiger partial charge on any atom is 0.152 e. The van der Waals surface area contributed by atoms with Crippen LogP contribution in [-0.4, -0.2) is 10.9 Å². The Morgan fingerprint density at radius 1 is 1.00 bits per heavy atom. The first-order valence-electron chi connectivity index (χ1n) is 11.7. The lowest BCUT2D eigenvalue weighted by Crippen LogP contribution is -2.08. The standard InChI is InChI=1S/C26H39NO/c1-3-4-5-11-23-17-21(2)14-15-22(18-23)10-8-9-16-27-19-24(20-28)25-12-6-7-13-26(25)27/h6-7,12-13,19-23H,3-5,8-11,14-18H2,1-2H3. The Morgan fingerprint density at radius 3 is 2.61 bits per heavy atom. The Bertz CT molecular complexity index is 731. The van der Waals surface area contributed by atoms with Gasteiger partial charge in [0.15, 0.2) is 6.29 Å². The van der Waals surface area contributed by atoms with Crippen molar-refractivity contribution in [3.05, 3.63) is 36.0 Å². The molecule has 3 rings (SSSR count). The van der Waals surface area contributed by atoms with Gasteiger partial charge in [-0.05, 0) is 43.1 Å². The van der Waals surface area contributed by atoms with Crippen LogP contribution in [0.1, 0.15) is 94.8 Å². The van der Waals surface area contributed by atoms with Crippen LogP contribution in [0, 0.1) is 17.8 Å². The van der Waals surface area contributed by atoms with Crippen LogP contribution in [0.2, 0.25) is 0 Å². The molecule has 1 aromatic heterocycles. The fraction of sp³-hybridized carbons (Fsp3) is 0.654. The van der Waals surface area contributed by atoms with Gasteiger partial charge in [0, 0.05) is 29.2 Å². The molecule has 0 N–H and O–H groups in total. The highest BCUT2D eigenvalue weighted by atomic mass is 16.1. The summed E-state index contributed by atoms with van der Waals surface area (Å²) >= 11 is 0. The maximum atomic E-state index is 11.3. The quantitative estimate of drug-likeness (QED) is 0.235. The van der Waals surface area contributed by atoms with Crippen molar-refractivity contribution < 1.29 is 4.79 Å². The van der Waals surface area contributed by atoms with Crippen LogP contribution >= 0.6 is 0 Å². The molecule has 1 saturated carbocycles. The van der Waals surface area contributed by atoms with Gasteiger partial charge in [-0.3, -0.25) is 4.79 Å². The van der Waals surface area contributed by atoms with Crippen molar-refractivity contribution in [3.63, 3.8) is 0 Å². The molecular weight excluding hydrogens is 342 g/mol. The van der Waals surface area contributed by atoms with Gasteiger partial charge in [-0.1, -0.05) is 83.4 Å². The highest BCUT2D eigenvalue weighted by molar-refractivity contribution is 5.97. The first-order valence-corrected chi connectivity index (χ1v) is 11.7. The lowest BCUT2D eigenvalue weighted by molar-refractivity contribution is 0.112. The average Bonchev–Trinajstić information content (AvgIpc) is 2.96. The Balaban J connectivity index is 1.48. The zero-order chi connectivity index (χ0) is 19.8. The van der Waals surface area contributed by atoms with Crippen LogP contribution in [0.15, 0.2) is 30.5 Å². The van der Waals surface area contributed by atoms with E-state index in [2.05, 4.69) is 36.6 Å². The summed E-state index contributed by atoms with van der Waals surface area (Å²) in [5, 5.41) is 1.09. The number of para-hydroxylation sites is 1. The lowest BCUT2D eigenvalue weighted by atomic mass is 9.86. The molecule has 2 heteroatoms. The summed E-state index contributed by atoms with van der Waals surface area (Å²) in [6.07, 6.45) is 18.4. The van der Waals surface area contributed by atoms with Crippen molar-refractivity contribution in [2.45, 2.75) is 91.0 Å². The molecule has 1 aromatic carbocycles. The molecule has 0 saturated heterocycles. The van der Waals surface area contributed by atoms with Crippen LogP contribution in [0.4, 0.5) is 0 Å². The third kappa shape index (κ3) is 5.72. The van der Waals surface area contributed by atoms with Gasteiger partial charge in [-0.2, -0.15) is 0 Å². The summed E-state index contributed by atoms with van der Waals surface area (Å²) in [5.41, 5.74) is 2.02. The molecular formula is C26H39NO. The predicted octanol–water partition coefficient (Wildman–Crippen LogP) is 7.65. The largest absolute Gasteiger partial charge is 0.347 e. The molecule has 0 spiro atoms. The van der Waals surface area contributed by atoms with Crippen molar-refractivity contribution in [3.8, 4) is 0 Å². The summed E-state index contributed by atoms with van der Waals surface area (Å²) in [5.74, 6) is 2.82. The van der Waals surface area contributed by atoms with Gasteiger partial charge < -0.3 is 4.57 Å². The van der Waals surface area contributed by atoms with E-state index in [-0.39, 0.29) is 0 Å². The Hall–Kier alpha value is -1.57. The van der Waals surface area contributed by atoms with Crippen LogP contribution < -0.4 is 0 Å². The molecule has 1 aliphatic rings. The Morgan fingerprint density at radius 2 is 1.79 bits per heavy atom. The van der Waals surface area contributed by atoms with Crippen molar-refractivity contribution in [1.82, 2.24) is 4.57 Å². The normalized spacial score (nSPS) is 23.0. The number of aromatic nitrogens is 1. The average molecular weight is 382 g/mol. The van der Waals surface area contributed by atoms with Crippen LogP contribution in [0.3, 0.4) is 0 Å². The van der Waals surface area contributed by atoms with Gasteiger partial charge in [0.05, 0.1) is 0 Å². The van der Waals surface area contributed by atoms with Crippen molar-refractivity contribution in [2.24, 2.45) is 17.8 Å². The van der Waals surface area contributed by atoms with Gasteiger partial charge in [-0.25, -0.2) is 0 Å². The van der Waals surface area contributed by atoms with E-state index >= 15 is 0 Å². The van der Waals surface area contributed by atoms with E-state index in [0.29, 0.717) is 0 Å². The zero-order valence-electron chi connectivity index (χ0n) is 18.0. The molecule has 2 nitrogen and oxygen atoms in total. The number of hydrogen-bond acceptors (Lipinski definition) is 1. The van der Waals surface area contributed by atoms with E-state index in [1.165, 1.54) is 76.1 Å². The number of unbranched alkanes of at least 4 members (excludes halogenated alkanes) is 3. The molecule has 0 bridgehead atoms. The summed E-state index contributed by atoms with van der Waals surface area (Å²) in [6, 6.07) is 8.28. The summed E-state index contributed by atoms with van der Waals surface area (Å²) < 4.78 is 2.28. The fourth-order valence-corrected chi connectivity index (χ4v) is 5.34. The molecule has 3 atom stereocenters. The number of rotatable bonds is 10. The minimum atomic E-state index is 0.822. The monoisotopic (exact) mass is 381 g/mol. The molecule has 0 aliphatic heterocycles. The van der Waals surface area contributed by atoms with E-state index in [0.717, 1.165) is 41.5 Å². The second kappa shape index (κ2) is 10.8. The number of carbonyl (C=O) groups excluding carboxylic acids is 1. The van der Waals surface area contributed by atoms with Gasteiger partial charge >= 0.3 is 0 Å². The number of fused-ring (bicyclic) bond motifs is 1. The first-order chi connectivity index (χ1) is 13.7. The molecule has 2 aromatic rings. The van der Waals surface area contributed by atoms with Crippen molar-refractivity contribution >= 4 is 17.2 Å². The third-order valence-corrected chi connectivity index (χ3v) is 6.89. The fourth-order valence-electron chi connectivity index (χ4n) is 5.34. The zero-order valence-corrected chi connectivity index (χ0v) is 18.0. The topological polar surface area (TPSA) is 22.0 Å². The number of aryl methyl sites for hydroxylation is 1. The van der Waals surface area contributed by atoms with Crippen molar-refractivity contribution in [2.75, 3.05) is 0 Å². The van der Waals surface area contributed by atoms with E-state index in [9.17, 15) is 4.79 Å². The number of nitrogens with zero attached hydrogens (tertiary/aromatic N) is 1. The number of benzene rings is 1. The van der Waals surface area contributed by atoms with E-state index in [1.54, 1.807) is 0 Å². The van der Waals surface area contributed by atoms with Gasteiger partial charge in [-0.15, -0.1) is 0 Å². The summed E-state index contributed by atoms with van der Waals surface area (Å²) in [7, 11) is 0. The molecule has 0 amide bonds. The van der Waals surface area contributed by atoms with Crippen LogP contribution in [-0.2, 0) is 6.54 Å². The molecule has 0 radical (unpaired) electrons. The molecule has 3 unspecified atom stereocenters. The maximum absolute atomic E-state index is 11.3. The van der Waals surface area contributed by atoms with E-state index < -0.39 is 0 Å². The van der Waals surface area contributed by atoms with Gasteiger partial charge in [0.25, 0.3) is 0 Å². The summed E-state index contributed by atoms with van der Waals surface area (Å²) in [6.45, 7) is 5.80. The molecule has 154 valence electrons. The SMILES string of the molecule is CCCCCC1CC(C)CCC(CCCCn2cc(C=O)c3ccccc32)C1. The first kappa shape index (κ1) is 21.1.